The van der Waals surface area contributed by atoms with Crippen LogP contribution in [0.25, 0.3) is 21.6 Å². The van der Waals surface area contributed by atoms with Gasteiger partial charge in [-0.25, -0.2) is 4.98 Å². The number of amides is 1. The summed E-state index contributed by atoms with van der Waals surface area (Å²) in [5.74, 6) is 0.0493. The number of aryl methyl sites for hydroxylation is 2. The summed E-state index contributed by atoms with van der Waals surface area (Å²) in [6.45, 7) is 3.34. The molecule has 0 aliphatic carbocycles. The van der Waals surface area contributed by atoms with Crippen molar-refractivity contribution in [2.75, 3.05) is 13.1 Å². The van der Waals surface area contributed by atoms with E-state index in [4.69, 9.17) is 10.7 Å². The van der Waals surface area contributed by atoms with Crippen molar-refractivity contribution in [1.82, 2.24) is 19.7 Å². The number of thiophene rings is 1. The molecule has 0 radical (unpaired) electrons. The van der Waals surface area contributed by atoms with Crippen LogP contribution in [0.1, 0.15) is 28.9 Å². The number of pyridine rings is 1. The molecule has 1 aliphatic rings. The largest absolute Gasteiger partial charge is 0.339 e. The minimum atomic E-state index is 0.0493. The molecule has 4 rings (SSSR count). The van der Waals surface area contributed by atoms with E-state index >= 15 is 0 Å². The highest BCUT2D eigenvalue weighted by Gasteiger charge is 2.26. The van der Waals surface area contributed by atoms with Gasteiger partial charge in [-0.3, -0.25) is 9.48 Å². The second kappa shape index (κ2) is 6.24. The van der Waals surface area contributed by atoms with Crippen molar-refractivity contribution >= 4 is 28.3 Å². The average Bonchev–Trinajstić information content (AvgIpc) is 3.23. The van der Waals surface area contributed by atoms with Gasteiger partial charge < -0.3 is 10.6 Å². The number of nitrogens with two attached hydrogens (primary N) is 1. The van der Waals surface area contributed by atoms with Crippen LogP contribution >= 0.6 is 11.3 Å². The minimum absolute atomic E-state index is 0.0493. The van der Waals surface area contributed by atoms with Gasteiger partial charge in [-0.1, -0.05) is 6.07 Å². The maximum absolute atomic E-state index is 13.2. The molecule has 7 heteroatoms. The Bertz CT molecular complexity index is 923. The van der Waals surface area contributed by atoms with Gasteiger partial charge in [0.2, 0.25) is 0 Å². The van der Waals surface area contributed by atoms with Crippen molar-refractivity contribution in [1.29, 1.82) is 0 Å². The SMILES string of the molecule is Cc1nn(C)c2nc(-c3cccs3)cc(C(=O)N3CCC(N)CC3)c12. The molecule has 6 nitrogen and oxygen atoms in total. The fourth-order valence-electron chi connectivity index (χ4n) is 3.44. The van der Waals surface area contributed by atoms with Gasteiger partial charge in [-0.15, -0.1) is 11.3 Å². The Balaban J connectivity index is 1.85. The lowest BCUT2D eigenvalue weighted by atomic mass is 10.0. The molecular formula is C18H21N5OS. The summed E-state index contributed by atoms with van der Waals surface area (Å²) in [7, 11) is 1.87. The lowest BCUT2D eigenvalue weighted by molar-refractivity contribution is 0.0716. The first kappa shape index (κ1) is 16.2. The Morgan fingerprint density at radius 1 is 1.36 bits per heavy atom. The number of carbonyl (C=O) groups is 1. The Morgan fingerprint density at radius 2 is 2.12 bits per heavy atom. The summed E-state index contributed by atoms with van der Waals surface area (Å²) in [5.41, 5.74) is 9.08. The molecule has 0 aromatic carbocycles. The topological polar surface area (TPSA) is 77.0 Å². The molecule has 0 saturated carbocycles. The highest BCUT2D eigenvalue weighted by atomic mass is 32.1. The van der Waals surface area contributed by atoms with Crippen molar-refractivity contribution < 1.29 is 4.79 Å². The summed E-state index contributed by atoms with van der Waals surface area (Å²) in [6, 6.07) is 6.13. The van der Waals surface area contributed by atoms with E-state index in [1.807, 2.05) is 42.5 Å². The molecule has 0 unspecified atom stereocenters. The monoisotopic (exact) mass is 355 g/mol. The van der Waals surface area contributed by atoms with Gasteiger partial charge in [0.15, 0.2) is 5.65 Å². The van der Waals surface area contributed by atoms with E-state index in [1.165, 1.54) is 0 Å². The van der Waals surface area contributed by atoms with E-state index in [-0.39, 0.29) is 11.9 Å². The minimum Gasteiger partial charge on any atom is -0.339 e. The maximum Gasteiger partial charge on any atom is 0.254 e. The van der Waals surface area contributed by atoms with Crippen LogP contribution in [0, 0.1) is 6.92 Å². The van der Waals surface area contributed by atoms with Crippen molar-refractivity contribution in [3.63, 3.8) is 0 Å². The number of likely N-dealkylation sites (tertiary alicyclic amines) is 1. The normalized spacial score (nSPS) is 15.9. The third kappa shape index (κ3) is 2.83. The number of carbonyl (C=O) groups excluding carboxylic acids is 1. The van der Waals surface area contributed by atoms with Gasteiger partial charge in [0.1, 0.15) is 0 Å². The van der Waals surface area contributed by atoms with Gasteiger partial charge in [-0.05, 0) is 37.3 Å². The summed E-state index contributed by atoms with van der Waals surface area (Å²) in [5, 5.41) is 7.35. The Morgan fingerprint density at radius 3 is 2.80 bits per heavy atom. The molecule has 4 heterocycles. The van der Waals surface area contributed by atoms with E-state index in [2.05, 4.69) is 5.10 Å². The Kier molecular flexibility index (Phi) is 4.05. The first-order chi connectivity index (χ1) is 12.0. The van der Waals surface area contributed by atoms with Crippen LogP contribution in [-0.2, 0) is 7.05 Å². The van der Waals surface area contributed by atoms with E-state index in [1.54, 1.807) is 16.0 Å². The van der Waals surface area contributed by atoms with Gasteiger partial charge in [0.05, 0.1) is 27.2 Å². The zero-order valence-electron chi connectivity index (χ0n) is 14.4. The molecule has 1 aliphatic heterocycles. The van der Waals surface area contributed by atoms with E-state index < -0.39 is 0 Å². The van der Waals surface area contributed by atoms with E-state index in [0.29, 0.717) is 18.7 Å². The number of nitrogens with zero attached hydrogens (tertiary/aromatic N) is 4. The first-order valence-corrected chi connectivity index (χ1v) is 9.35. The van der Waals surface area contributed by atoms with Crippen LogP contribution in [0.15, 0.2) is 23.6 Å². The van der Waals surface area contributed by atoms with Gasteiger partial charge in [-0.2, -0.15) is 5.10 Å². The summed E-state index contributed by atoms with van der Waals surface area (Å²) in [4.78, 5) is 20.9. The van der Waals surface area contributed by atoms with Crippen molar-refractivity contribution in [3.8, 4) is 10.6 Å². The van der Waals surface area contributed by atoms with Crippen LogP contribution in [0.3, 0.4) is 0 Å². The molecule has 25 heavy (non-hydrogen) atoms. The van der Waals surface area contributed by atoms with Crippen molar-refractivity contribution in [2.45, 2.75) is 25.8 Å². The smallest absolute Gasteiger partial charge is 0.254 e. The number of piperidine rings is 1. The molecule has 1 saturated heterocycles. The molecule has 0 atom stereocenters. The average molecular weight is 355 g/mol. The Labute approximate surface area is 150 Å². The number of rotatable bonds is 2. The maximum atomic E-state index is 13.2. The Hall–Kier alpha value is -2.25. The first-order valence-electron chi connectivity index (χ1n) is 8.47. The molecule has 1 fully saturated rings. The zero-order chi connectivity index (χ0) is 17.6. The van der Waals surface area contributed by atoms with Gasteiger partial charge in [0, 0.05) is 26.2 Å². The lowest BCUT2D eigenvalue weighted by Gasteiger charge is -2.30. The molecule has 130 valence electrons. The fourth-order valence-corrected chi connectivity index (χ4v) is 4.12. The van der Waals surface area contributed by atoms with Crippen molar-refractivity contribution in [3.05, 3.63) is 34.8 Å². The molecular weight excluding hydrogens is 334 g/mol. The van der Waals surface area contributed by atoms with Gasteiger partial charge >= 0.3 is 0 Å². The van der Waals surface area contributed by atoms with E-state index in [9.17, 15) is 4.79 Å². The van der Waals surface area contributed by atoms with Crippen LogP contribution in [0.5, 0.6) is 0 Å². The lowest BCUT2D eigenvalue weighted by Crippen LogP contribution is -2.42. The molecule has 1 amide bonds. The summed E-state index contributed by atoms with van der Waals surface area (Å²) in [6.07, 6.45) is 1.70. The fraction of sp³-hybridized carbons (Fsp3) is 0.389. The molecule has 3 aromatic heterocycles. The highest BCUT2D eigenvalue weighted by molar-refractivity contribution is 7.13. The van der Waals surface area contributed by atoms with Crippen molar-refractivity contribution in [2.24, 2.45) is 12.8 Å². The number of fused-ring (bicyclic) bond motifs is 1. The summed E-state index contributed by atoms with van der Waals surface area (Å²) < 4.78 is 1.75. The van der Waals surface area contributed by atoms with Crippen LogP contribution in [0.4, 0.5) is 0 Å². The van der Waals surface area contributed by atoms with E-state index in [0.717, 1.165) is 40.1 Å². The predicted octanol–water partition coefficient (Wildman–Crippen LogP) is 2.57. The van der Waals surface area contributed by atoms with Gasteiger partial charge in [0.25, 0.3) is 5.91 Å². The highest BCUT2D eigenvalue weighted by Crippen LogP contribution is 2.30. The van der Waals surface area contributed by atoms with Crippen LogP contribution in [0.2, 0.25) is 0 Å². The van der Waals surface area contributed by atoms with Crippen LogP contribution < -0.4 is 5.73 Å². The van der Waals surface area contributed by atoms with Crippen LogP contribution in [-0.4, -0.2) is 44.7 Å². The second-order valence-corrected chi connectivity index (χ2v) is 7.52. The predicted molar refractivity (Wildman–Crippen MR) is 99.7 cm³/mol. The number of aromatic nitrogens is 3. The number of hydrogen-bond donors (Lipinski definition) is 1. The third-order valence-electron chi connectivity index (χ3n) is 4.80. The third-order valence-corrected chi connectivity index (χ3v) is 5.69. The molecule has 0 bridgehead atoms. The number of hydrogen-bond acceptors (Lipinski definition) is 5. The zero-order valence-corrected chi connectivity index (χ0v) is 15.2. The standard InChI is InChI=1S/C18H21N5OS/c1-11-16-13(18(24)23-7-5-12(19)6-8-23)10-14(15-4-3-9-25-15)20-17(16)22(2)21-11/h3-4,9-10,12H,5-8,19H2,1-2H3. The second-order valence-electron chi connectivity index (χ2n) is 6.57. The molecule has 2 N–H and O–H groups in total. The molecule has 3 aromatic rings. The quantitative estimate of drug-likeness (QED) is 0.766. The summed E-state index contributed by atoms with van der Waals surface area (Å²) >= 11 is 1.62. The molecule has 0 spiro atoms.